The summed E-state index contributed by atoms with van der Waals surface area (Å²) in [5, 5.41) is 11.4. The van der Waals surface area contributed by atoms with Crippen molar-refractivity contribution in [2.45, 2.75) is 13.0 Å². The average Bonchev–Trinajstić information content (AvgIpc) is 2.94. The lowest BCUT2D eigenvalue weighted by Crippen LogP contribution is -2.26. The topological polar surface area (TPSA) is 71.3 Å². The first-order valence-electron chi connectivity index (χ1n) is 5.20. The minimum atomic E-state index is -0.876. The van der Waals surface area contributed by atoms with E-state index in [1.54, 1.807) is 0 Å². The van der Waals surface area contributed by atoms with E-state index in [2.05, 4.69) is 5.32 Å². The highest BCUT2D eigenvalue weighted by molar-refractivity contribution is 5.89. The summed E-state index contributed by atoms with van der Waals surface area (Å²) in [5.74, 6) is -1.85. The maximum atomic E-state index is 11.5. The van der Waals surface area contributed by atoms with Gasteiger partial charge in [-0.3, -0.25) is 9.59 Å². The Balaban J connectivity index is 1.82. The van der Waals surface area contributed by atoms with Gasteiger partial charge in [0.2, 0.25) is 5.91 Å². The Kier molecular flexibility index (Phi) is 2.68. The van der Waals surface area contributed by atoms with Crippen LogP contribution in [0.25, 0.3) is 0 Å². The molecule has 1 fully saturated rings. The zero-order valence-corrected chi connectivity index (χ0v) is 9.01. The van der Waals surface area contributed by atoms with E-state index in [4.69, 9.17) is 5.11 Å². The minimum absolute atomic E-state index is 0.159. The number of amides is 1. The zero-order valence-electron chi connectivity index (χ0n) is 9.01. The third-order valence-electron chi connectivity index (χ3n) is 2.94. The lowest BCUT2D eigenvalue weighted by atomic mass is 10.3. The largest absolute Gasteiger partial charge is 0.481 e. The highest BCUT2D eigenvalue weighted by Gasteiger charge is 2.48. The van der Waals surface area contributed by atoms with Gasteiger partial charge in [0.05, 0.1) is 18.4 Å². The highest BCUT2D eigenvalue weighted by Crippen LogP contribution is 2.38. The predicted octanol–water partition coefficient (Wildman–Crippen LogP) is 0.362. The molecule has 2 unspecified atom stereocenters. The number of hydrogen-bond donors (Lipinski definition) is 2. The van der Waals surface area contributed by atoms with Gasteiger partial charge in [-0.05, 0) is 18.6 Å². The van der Waals surface area contributed by atoms with Gasteiger partial charge in [-0.1, -0.05) is 0 Å². The summed E-state index contributed by atoms with van der Waals surface area (Å²) >= 11 is 0. The summed E-state index contributed by atoms with van der Waals surface area (Å²) in [6.45, 7) is 0.450. The summed E-state index contributed by atoms with van der Waals surface area (Å²) in [4.78, 5) is 22.1. The van der Waals surface area contributed by atoms with Crippen molar-refractivity contribution in [1.82, 2.24) is 9.88 Å². The number of carbonyl (C=O) groups excluding carboxylic acids is 1. The monoisotopic (exact) mass is 222 g/mol. The van der Waals surface area contributed by atoms with Crippen LogP contribution in [-0.4, -0.2) is 21.6 Å². The van der Waals surface area contributed by atoms with E-state index in [9.17, 15) is 9.59 Å². The number of carbonyl (C=O) groups is 2. The van der Waals surface area contributed by atoms with Crippen molar-refractivity contribution in [3.05, 3.63) is 24.0 Å². The lowest BCUT2D eigenvalue weighted by molar-refractivity contribution is -0.140. The summed E-state index contributed by atoms with van der Waals surface area (Å²) < 4.78 is 1.92. The molecule has 1 aliphatic rings. The van der Waals surface area contributed by atoms with E-state index in [-0.39, 0.29) is 11.8 Å². The fourth-order valence-electron chi connectivity index (χ4n) is 1.75. The molecule has 1 saturated carbocycles. The van der Waals surface area contributed by atoms with Crippen LogP contribution in [0.3, 0.4) is 0 Å². The molecule has 2 N–H and O–H groups in total. The molecular weight excluding hydrogens is 208 g/mol. The van der Waals surface area contributed by atoms with E-state index in [0.29, 0.717) is 13.0 Å². The van der Waals surface area contributed by atoms with Crippen LogP contribution < -0.4 is 5.32 Å². The van der Waals surface area contributed by atoms with E-state index in [1.165, 1.54) is 0 Å². The van der Waals surface area contributed by atoms with Gasteiger partial charge in [-0.2, -0.15) is 0 Å². The van der Waals surface area contributed by atoms with E-state index < -0.39 is 11.9 Å². The molecule has 5 nitrogen and oxygen atoms in total. The average molecular weight is 222 g/mol. The number of aliphatic carboxylic acids is 1. The lowest BCUT2D eigenvalue weighted by Gasteiger charge is -2.05. The quantitative estimate of drug-likeness (QED) is 0.772. The van der Waals surface area contributed by atoms with Crippen molar-refractivity contribution >= 4 is 11.9 Å². The van der Waals surface area contributed by atoms with Crippen molar-refractivity contribution < 1.29 is 14.7 Å². The molecule has 5 heteroatoms. The van der Waals surface area contributed by atoms with Crippen LogP contribution in [-0.2, 0) is 23.2 Å². The molecule has 2 rings (SSSR count). The number of aromatic nitrogens is 1. The molecule has 1 aromatic rings. The third-order valence-corrected chi connectivity index (χ3v) is 2.94. The molecule has 1 amide bonds. The van der Waals surface area contributed by atoms with Crippen LogP contribution in [0.4, 0.5) is 0 Å². The number of carboxylic acids is 1. The van der Waals surface area contributed by atoms with Gasteiger partial charge in [0, 0.05) is 18.9 Å². The predicted molar refractivity (Wildman–Crippen MR) is 56.5 cm³/mol. The van der Waals surface area contributed by atoms with Crippen molar-refractivity contribution in [3.63, 3.8) is 0 Å². The molecule has 2 atom stereocenters. The Morgan fingerprint density at radius 2 is 2.31 bits per heavy atom. The van der Waals surface area contributed by atoms with E-state index in [0.717, 1.165) is 5.69 Å². The van der Waals surface area contributed by atoms with Crippen molar-refractivity contribution in [1.29, 1.82) is 0 Å². The standard InChI is InChI=1S/C11H14N2O3/c1-13-4-2-3-7(13)6-12-10(14)8-5-9(8)11(15)16/h2-4,8-9H,5-6H2,1H3,(H,12,14)(H,15,16). The molecule has 1 heterocycles. The normalized spacial score (nSPS) is 22.8. The van der Waals surface area contributed by atoms with Crippen LogP contribution in [0.2, 0.25) is 0 Å². The summed E-state index contributed by atoms with van der Waals surface area (Å²) in [6, 6.07) is 3.82. The van der Waals surface area contributed by atoms with Crippen LogP contribution in [0.5, 0.6) is 0 Å². The van der Waals surface area contributed by atoms with Crippen LogP contribution in [0.1, 0.15) is 12.1 Å². The molecule has 1 aromatic heterocycles. The molecule has 0 bridgehead atoms. The maximum Gasteiger partial charge on any atom is 0.307 e. The Labute approximate surface area is 93.1 Å². The molecule has 0 aromatic carbocycles. The molecule has 1 aliphatic carbocycles. The van der Waals surface area contributed by atoms with Gasteiger partial charge in [0.25, 0.3) is 0 Å². The van der Waals surface area contributed by atoms with Crippen LogP contribution in [0.15, 0.2) is 18.3 Å². The second-order valence-electron chi connectivity index (χ2n) is 4.12. The molecule has 0 spiro atoms. The summed E-state index contributed by atoms with van der Waals surface area (Å²) in [5.41, 5.74) is 1.00. The first-order chi connectivity index (χ1) is 7.59. The fraction of sp³-hybridized carbons (Fsp3) is 0.455. The second-order valence-corrected chi connectivity index (χ2v) is 4.12. The fourth-order valence-corrected chi connectivity index (χ4v) is 1.75. The van der Waals surface area contributed by atoms with Gasteiger partial charge in [0.15, 0.2) is 0 Å². The third kappa shape index (κ3) is 2.08. The highest BCUT2D eigenvalue weighted by atomic mass is 16.4. The number of rotatable bonds is 4. The van der Waals surface area contributed by atoms with Gasteiger partial charge in [-0.15, -0.1) is 0 Å². The zero-order chi connectivity index (χ0) is 11.7. The molecular formula is C11H14N2O3. The van der Waals surface area contributed by atoms with Crippen LogP contribution >= 0.6 is 0 Å². The number of nitrogens with one attached hydrogen (secondary N) is 1. The molecule has 16 heavy (non-hydrogen) atoms. The van der Waals surface area contributed by atoms with E-state index >= 15 is 0 Å². The van der Waals surface area contributed by atoms with E-state index in [1.807, 2.05) is 29.9 Å². The molecule has 0 saturated heterocycles. The van der Waals surface area contributed by atoms with Gasteiger partial charge >= 0.3 is 5.97 Å². The Hall–Kier alpha value is -1.78. The number of nitrogens with zero attached hydrogens (tertiary/aromatic N) is 1. The Bertz CT molecular complexity index is 425. The summed E-state index contributed by atoms with van der Waals surface area (Å²) in [6.07, 6.45) is 2.37. The Morgan fingerprint density at radius 1 is 1.56 bits per heavy atom. The van der Waals surface area contributed by atoms with Crippen molar-refractivity contribution in [2.24, 2.45) is 18.9 Å². The minimum Gasteiger partial charge on any atom is -0.481 e. The SMILES string of the molecule is Cn1cccc1CNC(=O)C1CC1C(=O)O. The Morgan fingerprint density at radius 3 is 2.81 bits per heavy atom. The van der Waals surface area contributed by atoms with Gasteiger partial charge < -0.3 is 15.0 Å². The van der Waals surface area contributed by atoms with Crippen molar-refractivity contribution in [3.8, 4) is 0 Å². The first-order valence-corrected chi connectivity index (χ1v) is 5.20. The molecule has 0 radical (unpaired) electrons. The molecule has 86 valence electrons. The smallest absolute Gasteiger partial charge is 0.307 e. The molecule has 0 aliphatic heterocycles. The van der Waals surface area contributed by atoms with Crippen molar-refractivity contribution in [2.75, 3.05) is 0 Å². The summed E-state index contributed by atoms with van der Waals surface area (Å²) in [7, 11) is 1.90. The maximum absolute atomic E-state index is 11.5. The first kappa shape index (κ1) is 10.7. The van der Waals surface area contributed by atoms with Gasteiger partial charge in [-0.25, -0.2) is 0 Å². The van der Waals surface area contributed by atoms with Crippen LogP contribution in [0, 0.1) is 11.8 Å². The second kappa shape index (κ2) is 4.00. The number of hydrogen-bond acceptors (Lipinski definition) is 2. The number of aryl methyl sites for hydroxylation is 1. The number of carboxylic acid groups (broad SMARTS) is 1. The van der Waals surface area contributed by atoms with Gasteiger partial charge in [0.1, 0.15) is 0 Å².